The number of carbonyl (C=O) groups excluding carboxylic acids is 1. The fraction of sp³-hybridized carbons (Fsp3) is 0.286. The highest BCUT2D eigenvalue weighted by Gasteiger charge is 2.31. The van der Waals surface area contributed by atoms with E-state index in [0.717, 1.165) is 29.8 Å². The normalized spacial score (nSPS) is 16.6. The van der Waals surface area contributed by atoms with Crippen LogP contribution in [-0.2, 0) is 4.79 Å². The average molecular weight is 530 g/mol. The van der Waals surface area contributed by atoms with Crippen LogP contribution >= 0.6 is 0 Å². The second-order valence-electron chi connectivity index (χ2n) is 9.72. The summed E-state index contributed by atoms with van der Waals surface area (Å²) in [5, 5.41) is 6.86. The van der Waals surface area contributed by atoms with E-state index in [4.69, 9.17) is 15.2 Å². The molecule has 2 aliphatic heterocycles. The quantitative estimate of drug-likeness (QED) is 0.326. The summed E-state index contributed by atoms with van der Waals surface area (Å²) in [5.74, 6) is 0.701. The Morgan fingerprint density at radius 1 is 1.23 bits per heavy atom. The fourth-order valence-corrected chi connectivity index (χ4v) is 5.20. The number of carbonyl (C=O) groups is 1. The molecule has 200 valence electrons. The van der Waals surface area contributed by atoms with Gasteiger partial charge in [0.1, 0.15) is 18.0 Å². The molecule has 39 heavy (non-hydrogen) atoms. The molecule has 0 bridgehead atoms. The number of nitrogen functional groups attached to an aromatic ring is 1. The Bertz CT molecular complexity index is 1630. The van der Waals surface area contributed by atoms with Crippen molar-refractivity contribution in [3.8, 4) is 22.8 Å². The topological polar surface area (TPSA) is 128 Å². The molecule has 2 aromatic heterocycles. The van der Waals surface area contributed by atoms with Crippen LogP contribution in [0.25, 0.3) is 22.0 Å². The lowest BCUT2D eigenvalue weighted by Crippen LogP contribution is -2.21. The number of nitrogens with two attached hydrogens (primary N) is 1. The van der Waals surface area contributed by atoms with Crippen molar-refractivity contribution in [2.45, 2.75) is 19.3 Å². The van der Waals surface area contributed by atoms with E-state index >= 15 is 4.39 Å². The van der Waals surface area contributed by atoms with Gasteiger partial charge in [-0.3, -0.25) is 4.79 Å². The lowest BCUT2D eigenvalue weighted by atomic mass is 9.97. The van der Waals surface area contributed by atoms with Gasteiger partial charge in [0.05, 0.1) is 29.9 Å². The minimum Gasteiger partial charge on any atom is -0.495 e. The average Bonchev–Trinajstić information content (AvgIpc) is 3.29. The highest BCUT2D eigenvalue weighted by molar-refractivity contribution is 5.96. The molecular formula is C28H28FN7O3. The van der Waals surface area contributed by atoms with Gasteiger partial charge in [-0.2, -0.15) is 0 Å². The lowest BCUT2D eigenvalue weighted by Gasteiger charge is -2.22. The van der Waals surface area contributed by atoms with Gasteiger partial charge in [0.25, 0.3) is 0 Å². The van der Waals surface area contributed by atoms with Crippen LogP contribution in [0.15, 0.2) is 36.7 Å². The number of halogens is 1. The largest absolute Gasteiger partial charge is 0.495 e. The molecule has 1 fully saturated rings. The SMILES string of the molecule is COc1cc([C@@H]2CCN(C)C2=O)ccc1Nc1ncc2c(N)c(F)c(-c3cnc4c(c3C)NCCO4)cc2n1. The molecule has 0 unspecified atom stereocenters. The first kappa shape index (κ1) is 24.7. The van der Waals surface area contributed by atoms with Crippen molar-refractivity contribution >= 4 is 39.8 Å². The maximum absolute atomic E-state index is 15.5. The summed E-state index contributed by atoms with van der Waals surface area (Å²) in [5.41, 5.74) is 10.6. The molecule has 4 N–H and O–H groups in total. The van der Waals surface area contributed by atoms with Crippen molar-refractivity contribution < 1.29 is 18.7 Å². The minimum absolute atomic E-state index is 0.0384. The number of fused-ring (bicyclic) bond motifs is 2. The van der Waals surface area contributed by atoms with Crippen molar-refractivity contribution in [1.29, 1.82) is 0 Å². The Morgan fingerprint density at radius 2 is 2.08 bits per heavy atom. The molecule has 4 heterocycles. The van der Waals surface area contributed by atoms with Crippen molar-refractivity contribution in [1.82, 2.24) is 19.9 Å². The third kappa shape index (κ3) is 4.19. The molecule has 0 saturated carbocycles. The van der Waals surface area contributed by atoms with Crippen molar-refractivity contribution in [2.75, 3.05) is 50.2 Å². The molecule has 2 aliphatic rings. The smallest absolute Gasteiger partial charge is 0.237 e. The van der Waals surface area contributed by atoms with Crippen LogP contribution in [0.3, 0.4) is 0 Å². The highest BCUT2D eigenvalue weighted by atomic mass is 19.1. The summed E-state index contributed by atoms with van der Waals surface area (Å²) in [6.45, 7) is 3.78. The number of hydrogen-bond donors (Lipinski definition) is 3. The first-order valence-electron chi connectivity index (χ1n) is 12.7. The van der Waals surface area contributed by atoms with Gasteiger partial charge in [-0.05, 0) is 42.7 Å². The summed E-state index contributed by atoms with van der Waals surface area (Å²) < 4.78 is 26.7. The van der Waals surface area contributed by atoms with Gasteiger partial charge in [-0.25, -0.2) is 19.3 Å². The molecule has 10 nitrogen and oxygen atoms in total. The fourth-order valence-electron chi connectivity index (χ4n) is 5.20. The number of ether oxygens (including phenoxy) is 2. The number of likely N-dealkylation sites (tertiary alicyclic amines) is 1. The predicted octanol–water partition coefficient (Wildman–Crippen LogP) is 4.22. The van der Waals surface area contributed by atoms with Crippen LogP contribution in [0.5, 0.6) is 11.6 Å². The van der Waals surface area contributed by atoms with E-state index in [1.165, 1.54) is 6.20 Å². The second-order valence-corrected chi connectivity index (χ2v) is 9.72. The molecule has 1 amide bonds. The third-order valence-electron chi connectivity index (χ3n) is 7.40. The van der Waals surface area contributed by atoms with Gasteiger partial charge in [0.2, 0.25) is 17.7 Å². The van der Waals surface area contributed by atoms with Gasteiger partial charge in [0.15, 0.2) is 5.82 Å². The van der Waals surface area contributed by atoms with Crippen LogP contribution < -0.4 is 25.8 Å². The van der Waals surface area contributed by atoms with E-state index in [0.29, 0.717) is 46.9 Å². The summed E-state index contributed by atoms with van der Waals surface area (Å²) in [6.07, 6.45) is 3.85. The van der Waals surface area contributed by atoms with Gasteiger partial charge in [0, 0.05) is 49.0 Å². The minimum atomic E-state index is -0.558. The molecule has 1 saturated heterocycles. The number of likely N-dealkylation sites (N-methyl/N-ethyl adjacent to an activating group) is 1. The van der Waals surface area contributed by atoms with Crippen LogP contribution in [0, 0.1) is 12.7 Å². The highest BCUT2D eigenvalue weighted by Crippen LogP contribution is 2.40. The zero-order valence-electron chi connectivity index (χ0n) is 21.8. The molecule has 11 heteroatoms. The summed E-state index contributed by atoms with van der Waals surface area (Å²) >= 11 is 0. The van der Waals surface area contributed by atoms with E-state index in [-0.39, 0.29) is 29.0 Å². The molecule has 0 aliphatic carbocycles. The Labute approximate surface area is 224 Å². The van der Waals surface area contributed by atoms with E-state index < -0.39 is 5.82 Å². The van der Waals surface area contributed by atoms with E-state index in [9.17, 15) is 4.79 Å². The number of amides is 1. The number of nitrogens with zero attached hydrogens (tertiary/aromatic N) is 4. The van der Waals surface area contributed by atoms with Crippen molar-refractivity contribution in [3.63, 3.8) is 0 Å². The third-order valence-corrected chi connectivity index (χ3v) is 7.40. The Hall–Kier alpha value is -4.67. The molecule has 0 spiro atoms. The van der Waals surface area contributed by atoms with Gasteiger partial charge in [-0.15, -0.1) is 0 Å². The molecule has 0 radical (unpaired) electrons. The molecule has 4 aromatic rings. The number of pyridine rings is 1. The van der Waals surface area contributed by atoms with Crippen LogP contribution in [0.2, 0.25) is 0 Å². The van der Waals surface area contributed by atoms with Crippen molar-refractivity contribution in [2.24, 2.45) is 0 Å². The number of nitrogens with one attached hydrogen (secondary N) is 2. The number of anilines is 4. The first-order valence-corrected chi connectivity index (χ1v) is 12.7. The van der Waals surface area contributed by atoms with E-state index in [2.05, 4.69) is 25.6 Å². The molecular weight excluding hydrogens is 501 g/mol. The van der Waals surface area contributed by atoms with Crippen LogP contribution in [0.4, 0.5) is 27.4 Å². The van der Waals surface area contributed by atoms with Crippen LogP contribution in [0.1, 0.15) is 23.5 Å². The first-order chi connectivity index (χ1) is 18.9. The maximum atomic E-state index is 15.5. The number of aromatic nitrogens is 3. The number of benzene rings is 2. The summed E-state index contributed by atoms with van der Waals surface area (Å²) in [4.78, 5) is 27.6. The second kappa shape index (κ2) is 9.57. The van der Waals surface area contributed by atoms with Gasteiger partial charge < -0.3 is 30.7 Å². The molecule has 2 aromatic carbocycles. The van der Waals surface area contributed by atoms with E-state index in [1.54, 1.807) is 24.3 Å². The van der Waals surface area contributed by atoms with Crippen molar-refractivity contribution in [3.05, 3.63) is 53.6 Å². The predicted molar refractivity (Wildman–Crippen MR) is 147 cm³/mol. The summed E-state index contributed by atoms with van der Waals surface area (Å²) in [7, 11) is 3.38. The summed E-state index contributed by atoms with van der Waals surface area (Å²) in [6, 6.07) is 7.26. The van der Waals surface area contributed by atoms with Crippen LogP contribution in [-0.4, -0.2) is 59.6 Å². The maximum Gasteiger partial charge on any atom is 0.237 e. The monoisotopic (exact) mass is 529 g/mol. The number of hydrogen-bond acceptors (Lipinski definition) is 9. The Balaban J connectivity index is 1.36. The molecule has 1 atom stereocenters. The Morgan fingerprint density at radius 3 is 2.85 bits per heavy atom. The lowest BCUT2D eigenvalue weighted by molar-refractivity contribution is -0.127. The van der Waals surface area contributed by atoms with Gasteiger partial charge in [-0.1, -0.05) is 6.07 Å². The molecule has 6 rings (SSSR count). The Kier molecular flexibility index (Phi) is 6.05. The zero-order valence-corrected chi connectivity index (χ0v) is 21.8. The van der Waals surface area contributed by atoms with Gasteiger partial charge >= 0.3 is 0 Å². The zero-order chi connectivity index (χ0) is 27.3. The standard InChI is InChI=1S/C28H28FN7O3/c1-14-18(12-32-26-25(14)31-7-9-39-26)17-11-21-19(24(30)23(17)29)13-33-28(35-21)34-20-5-4-15(10-22(20)38-3)16-6-8-36(2)27(16)37/h4-5,10-13,16,31H,6-9,30H2,1-3H3,(H,33,34,35)/t16-/m0/s1. The number of methoxy groups -OCH3 is 1. The number of rotatable bonds is 5. The van der Waals surface area contributed by atoms with E-state index in [1.807, 2.05) is 32.2 Å².